The second-order valence-corrected chi connectivity index (χ2v) is 4.10. The van der Waals surface area contributed by atoms with Crippen LogP contribution in [0, 0.1) is 0 Å². The van der Waals surface area contributed by atoms with Crippen molar-refractivity contribution in [3.05, 3.63) is 60.6 Å². The molecule has 0 radical (unpaired) electrons. The third kappa shape index (κ3) is 2.46. The molecule has 3 heterocycles. The lowest BCUT2D eigenvalue weighted by atomic mass is 10.2. The first-order valence-corrected chi connectivity index (χ1v) is 6.06. The van der Waals surface area contributed by atoms with Crippen molar-refractivity contribution >= 4 is 5.91 Å². The van der Waals surface area contributed by atoms with Crippen LogP contribution >= 0.6 is 0 Å². The number of aromatic nitrogens is 3. The molecule has 1 N–H and O–H groups in total. The number of furan rings is 1. The Balaban J connectivity index is 1.73. The van der Waals surface area contributed by atoms with Crippen LogP contribution in [0.2, 0.25) is 0 Å². The van der Waals surface area contributed by atoms with Crippen LogP contribution in [0.15, 0.2) is 58.1 Å². The molecule has 3 aromatic heterocycles. The van der Waals surface area contributed by atoms with Crippen LogP contribution in [0.3, 0.4) is 0 Å². The average molecular weight is 272 g/mol. The zero-order valence-electron chi connectivity index (χ0n) is 10.5. The van der Waals surface area contributed by atoms with Crippen molar-refractivity contribution in [1.82, 2.24) is 20.3 Å². The third-order valence-electron chi connectivity index (χ3n) is 2.83. The molecule has 102 valence electrons. The van der Waals surface area contributed by atoms with E-state index in [-0.39, 0.29) is 17.7 Å². The van der Waals surface area contributed by atoms with E-state index in [0.717, 1.165) is 0 Å². The first kappa shape index (κ1) is 12.2. The number of carbonyl (C=O) groups is 1. The van der Waals surface area contributed by atoms with E-state index in [0.29, 0.717) is 12.3 Å². The second-order valence-electron chi connectivity index (χ2n) is 4.10. The van der Waals surface area contributed by atoms with Crippen LogP contribution in [-0.4, -0.2) is 27.4 Å². The molecular formula is C13H12N4O3. The zero-order chi connectivity index (χ0) is 13.8. The van der Waals surface area contributed by atoms with E-state index < -0.39 is 0 Å². The normalized spacial score (nSPS) is 12.2. The van der Waals surface area contributed by atoms with Crippen LogP contribution in [0.5, 0.6) is 0 Å². The van der Waals surface area contributed by atoms with Gasteiger partial charge in [-0.2, -0.15) is 5.10 Å². The average Bonchev–Trinajstić information content (AvgIpc) is 3.22. The van der Waals surface area contributed by atoms with Gasteiger partial charge in [0.2, 0.25) is 5.76 Å². The molecule has 3 rings (SSSR count). The van der Waals surface area contributed by atoms with Gasteiger partial charge in [0.25, 0.3) is 5.91 Å². The largest absolute Gasteiger partial charge is 0.467 e. The molecule has 1 atom stereocenters. The molecule has 7 nitrogen and oxygen atoms in total. The Morgan fingerprint density at radius 1 is 1.35 bits per heavy atom. The topological polar surface area (TPSA) is 86.1 Å². The molecule has 0 aliphatic rings. The number of amides is 1. The van der Waals surface area contributed by atoms with Crippen molar-refractivity contribution in [3.8, 4) is 0 Å². The van der Waals surface area contributed by atoms with Crippen molar-refractivity contribution in [2.45, 2.75) is 6.04 Å². The van der Waals surface area contributed by atoms with Crippen LogP contribution < -0.4 is 5.32 Å². The van der Waals surface area contributed by atoms with E-state index in [2.05, 4.69) is 15.6 Å². The lowest BCUT2D eigenvalue weighted by Crippen LogP contribution is -2.31. The molecule has 1 amide bonds. The van der Waals surface area contributed by atoms with E-state index in [1.807, 2.05) is 18.3 Å². The summed E-state index contributed by atoms with van der Waals surface area (Å²) in [6, 6.07) is 6.74. The first-order chi connectivity index (χ1) is 9.84. The number of hydrogen-bond donors (Lipinski definition) is 1. The maximum atomic E-state index is 11.8. The smallest absolute Gasteiger partial charge is 0.289 e. The first-order valence-electron chi connectivity index (χ1n) is 6.06. The zero-order valence-corrected chi connectivity index (χ0v) is 10.5. The van der Waals surface area contributed by atoms with Crippen molar-refractivity contribution in [2.24, 2.45) is 0 Å². The van der Waals surface area contributed by atoms with Gasteiger partial charge in [-0.15, -0.1) is 0 Å². The third-order valence-corrected chi connectivity index (χ3v) is 2.83. The molecule has 0 saturated heterocycles. The molecule has 1 unspecified atom stereocenters. The SMILES string of the molecule is O=C(NCC(c1ccco1)n1cccn1)c1ccno1. The summed E-state index contributed by atoms with van der Waals surface area (Å²) in [7, 11) is 0. The Morgan fingerprint density at radius 2 is 2.30 bits per heavy atom. The summed E-state index contributed by atoms with van der Waals surface area (Å²) in [6.45, 7) is 0.328. The van der Waals surface area contributed by atoms with Crippen molar-refractivity contribution in [2.75, 3.05) is 6.54 Å². The molecule has 0 aromatic carbocycles. The molecule has 0 saturated carbocycles. The minimum absolute atomic E-state index is 0.170. The number of carbonyl (C=O) groups excluding carboxylic acids is 1. The molecular weight excluding hydrogens is 260 g/mol. The highest BCUT2D eigenvalue weighted by atomic mass is 16.5. The highest BCUT2D eigenvalue weighted by Crippen LogP contribution is 2.17. The van der Waals surface area contributed by atoms with Gasteiger partial charge in [0.15, 0.2) is 0 Å². The predicted octanol–water partition coefficient (Wildman–Crippen LogP) is 1.48. The summed E-state index contributed by atoms with van der Waals surface area (Å²) in [6.07, 6.45) is 6.50. The minimum Gasteiger partial charge on any atom is -0.467 e. The van der Waals surface area contributed by atoms with Gasteiger partial charge in [-0.3, -0.25) is 9.48 Å². The van der Waals surface area contributed by atoms with Crippen molar-refractivity contribution in [1.29, 1.82) is 0 Å². The van der Waals surface area contributed by atoms with Crippen LogP contribution in [0.25, 0.3) is 0 Å². The van der Waals surface area contributed by atoms with Crippen LogP contribution in [-0.2, 0) is 0 Å². The maximum absolute atomic E-state index is 11.8. The van der Waals surface area contributed by atoms with E-state index in [9.17, 15) is 4.79 Å². The Morgan fingerprint density at radius 3 is 2.95 bits per heavy atom. The maximum Gasteiger partial charge on any atom is 0.289 e. The van der Waals surface area contributed by atoms with Gasteiger partial charge in [-0.05, 0) is 18.2 Å². The Hall–Kier alpha value is -2.83. The van der Waals surface area contributed by atoms with Gasteiger partial charge in [0, 0.05) is 25.0 Å². The van der Waals surface area contributed by atoms with Gasteiger partial charge < -0.3 is 14.3 Å². The fraction of sp³-hybridized carbons (Fsp3) is 0.154. The molecule has 20 heavy (non-hydrogen) atoms. The minimum atomic E-state index is -0.328. The van der Waals surface area contributed by atoms with Gasteiger partial charge in [0.05, 0.1) is 12.5 Å². The highest BCUT2D eigenvalue weighted by molar-refractivity contribution is 5.91. The lowest BCUT2D eigenvalue weighted by Gasteiger charge is -2.15. The van der Waals surface area contributed by atoms with Gasteiger partial charge >= 0.3 is 0 Å². The van der Waals surface area contributed by atoms with Gasteiger partial charge in [0.1, 0.15) is 11.8 Å². The van der Waals surface area contributed by atoms with E-state index >= 15 is 0 Å². The number of nitrogens with one attached hydrogen (secondary N) is 1. The Labute approximate surface area is 114 Å². The lowest BCUT2D eigenvalue weighted by molar-refractivity contribution is 0.0911. The van der Waals surface area contributed by atoms with E-state index in [1.165, 1.54) is 12.3 Å². The second kappa shape index (κ2) is 5.43. The fourth-order valence-electron chi connectivity index (χ4n) is 1.88. The molecule has 0 aliphatic heterocycles. The standard InChI is InChI=1S/C13H12N4O3/c18-13(12-4-6-16-20-12)14-9-10(11-3-1-8-19-11)17-7-2-5-15-17/h1-8,10H,9H2,(H,14,18). The highest BCUT2D eigenvalue weighted by Gasteiger charge is 2.19. The monoisotopic (exact) mass is 272 g/mol. The summed E-state index contributed by atoms with van der Waals surface area (Å²) in [5, 5.41) is 10.4. The fourth-order valence-corrected chi connectivity index (χ4v) is 1.88. The van der Waals surface area contributed by atoms with Gasteiger partial charge in [-0.25, -0.2) is 0 Å². The summed E-state index contributed by atoms with van der Waals surface area (Å²) in [5.41, 5.74) is 0. The molecule has 3 aromatic rings. The molecule has 0 fully saturated rings. The quantitative estimate of drug-likeness (QED) is 0.760. The molecule has 0 bridgehead atoms. The predicted molar refractivity (Wildman–Crippen MR) is 67.9 cm³/mol. The summed E-state index contributed by atoms with van der Waals surface area (Å²) >= 11 is 0. The number of hydrogen-bond acceptors (Lipinski definition) is 5. The van der Waals surface area contributed by atoms with Crippen LogP contribution in [0.4, 0.5) is 0 Å². The number of rotatable bonds is 5. The summed E-state index contributed by atoms with van der Waals surface area (Å²) in [5.74, 6) is 0.557. The van der Waals surface area contributed by atoms with Crippen LogP contribution in [0.1, 0.15) is 22.4 Å². The Kier molecular flexibility index (Phi) is 3.32. The van der Waals surface area contributed by atoms with Gasteiger partial charge in [-0.1, -0.05) is 5.16 Å². The molecule has 0 aliphatic carbocycles. The van der Waals surface area contributed by atoms with E-state index in [4.69, 9.17) is 8.94 Å². The Bertz CT molecular complexity index is 610. The molecule has 7 heteroatoms. The molecule has 0 spiro atoms. The summed E-state index contributed by atoms with van der Waals surface area (Å²) < 4.78 is 11.9. The van der Waals surface area contributed by atoms with E-state index in [1.54, 1.807) is 23.2 Å². The number of nitrogens with zero attached hydrogens (tertiary/aromatic N) is 3. The van der Waals surface area contributed by atoms with Crippen molar-refractivity contribution < 1.29 is 13.7 Å². The van der Waals surface area contributed by atoms with Crippen molar-refractivity contribution in [3.63, 3.8) is 0 Å². The summed E-state index contributed by atoms with van der Waals surface area (Å²) in [4.78, 5) is 11.8.